The maximum Gasteiger partial charge on any atom is 0.293 e. The molecule has 0 bridgehead atoms. The van der Waals surface area contributed by atoms with Crippen molar-refractivity contribution in [3.63, 3.8) is 0 Å². The summed E-state index contributed by atoms with van der Waals surface area (Å²) >= 11 is 0. The Balaban J connectivity index is 3.52. The average molecular weight is 188 g/mol. The second-order valence-corrected chi connectivity index (χ2v) is 2.78. The number of rotatable bonds is 9. The molecule has 0 aromatic heterocycles. The van der Waals surface area contributed by atoms with Crippen LogP contribution in [-0.2, 0) is 19.1 Å². The van der Waals surface area contributed by atoms with Gasteiger partial charge in [-0.1, -0.05) is 19.8 Å². The van der Waals surface area contributed by atoms with Crippen LogP contribution in [0.3, 0.4) is 0 Å². The van der Waals surface area contributed by atoms with Crippen LogP contribution in [0.25, 0.3) is 0 Å². The molecule has 0 spiro atoms. The first kappa shape index (κ1) is 11.9. The van der Waals surface area contributed by atoms with Crippen molar-refractivity contribution >= 4 is 12.9 Å². The van der Waals surface area contributed by atoms with Crippen molar-refractivity contribution in [2.24, 2.45) is 0 Å². The van der Waals surface area contributed by atoms with Crippen molar-refractivity contribution in [3.8, 4) is 0 Å². The molecule has 0 aromatic rings. The van der Waals surface area contributed by atoms with Gasteiger partial charge in [0.2, 0.25) is 0 Å². The minimum atomic E-state index is -0.283. The zero-order valence-corrected chi connectivity index (χ0v) is 7.90. The van der Waals surface area contributed by atoms with E-state index in [2.05, 4.69) is 11.7 Å². The van der Waals surface area contributed by atoms with Gasteiger partial charge in [0.15, 0.2) is 0 Å². The molecule has 0 aliphatic rings. The Morgan fingerprint density at radius 2 is 2.00 bits per heavy atom. The molecule has 0 aliphatic carbocycles. The second kappa shape index (κ2) is 9.03. The normalized spacial score (nSPS) is 11.8. The predicted octanol–water partition coefficient (Wildman–Crippen LogP) is 1.28. The third-order valence-electron chi connectivity index (χ3n) is 1.73. The molecule has 1 unspecified atom stereocenters. The van der Waals surface area contributed by atoms with Crippen molar-refractivity contribution in [1.29, 1.82) is 0 Å². The first-order valence-electron chi connectivity index (χ1n) is 4.49. The van der Waals surface area contributed by atoms with Crippen LogP contribution < -0.4 is 0 Å². The molecule has 0 heterocycles. The Bertz CT molecular complexity index is 136. The lowest BCUT2D eigenvalue weighted by molar-refractivity contribution is -0.143. The molecule has 0 aliphatic heterocycles. The number of hydrogen-bond donors (Lipinski definition) is 0. The molecule has 0 rings (SSSR count). The highest BCUT2D eigenvalue weighted by molar-refractivity contribution is 5.38. The van der Waals surface area contributed by atoms with Gasteiger partial charge in [0.05, 0.1) is 0 Å². The smallest absolute Gasteiger partial charge is 0.293 e. The van der Waals surface area contributed by atoms with Gasteiger partial charge in [0.1, 0.15) is 12.7 Å². The lowest BCUT2D eigenvalue weighted by atomic mass is 10.1. The van der Waals surface area contributed by atoms with Crippen molar-refractivity contribution in [2.45, 2.75) is 38.7 Å². The van der Waals surface area contributed by atoms with E-state index in [0.717, 1.165) is 25.7 Å². The second-order valence-electron chi connectivity index (χ2n) is 2.78. The van der Waals surface area contributed by atoms with Crippen LogP contribution in [-0.4, -0.2) is 25.7 Å². The third kappa shape index (κ3) is 7.31. The van der Waals surface area contributed by atoms with Crippen LogP contribution in [0.4, 0.5) is 0 Å². The Hall–Kier alpha value is -1.06. The van der Waals surface area contributed by atoms with Crippen molar-refractivity contribution in [1.82, 2.24) is 0 Å². The van der Waals surface area contributed by atoms with E-state index < -0.39 is 0 Å². The molecule has 0 saturated heterocycles. The molecule has 0 aromatic carbocycles. The lowest BCUT2D eigenvalue weighted by Gasteiger charge is -2.12. The summed E-state index contributed by atoms with van der Waals surface area (Å²) < 4.78 is 9.24. The zero-order valence-electron chi connectivity index (χ0n) is 7.90. The molecule has 4 heteroatoms. The maximum atomic E-state index is 10.0. The van der Waals surface area contributed by atoms with Gasteiger partial charge < -0.3 is 9.47 Å². The number of carbonyl (C=O) groups is 2. The van der Waals surface area contributed by atoms with Gasteiger partial charge in [-0.15, -0.1) is 0 Å². The predicted molar refractivity (Wildman–Crippen MR) is 47.1 cm³/mol. The molecule has 0 radical (unpaired) electrons. The fourth-order valence-electron chi connectivity index (χ4n) is 1.04. The monoisotopic (exact) mass is 188 g/mol. The maximum absolute atomic E-state index is 10.0. The van der Waals surface area contributed by atoms with Crippen LogP contribution in [0.15, 0.2) is 0 Å². The lowest BCUT2D eigenvalue weighted by Crippen LogP contribution is -2.19. The van der Waals surface area contributed by atoms with Crippen LogP contribution >= 0.6 is 0 Å². The van der Waals surface area contributed by atoms with Crippen LogP contribution in [0.5, 0.6) is 0 Å². The largest absolute Gasteiger partial charge is 0.464 e. The number of carbonyl (C=O) groups excluding carboxylic acids is 2. The molecule has 0 saturated carbocycles. The van der Waals surface area contributed by atoms with Gasteiger partial charge in [-0.05, 0) is 12.8 Å². The summed E-state index contributed by atoms with van der Waals surface area (Å²) in [5.74, 6) is 0. The highest BCUT2D eigenvalue weighted by atomic mass is 16.6. The number of unbranched alkanes of at least 4 members (excludes halogenated alkanes) is 2. The standard InChI is InChI=1S/C9H16O4/c1-2-3-4-5-9(13-8-11)6-12-7-10/h7-9H,2-6H2,1H3. The Kier molecular flexibility index (Phi) is 8.30. The first-order valence-corrected chi connectivity index (χ1v) is 4.49. The van der Waals surface area contributed by atoms with Gasteiger partial charge in [0, 0.05) is 0 Å². The van der Waals surface area contributed by atoms with Gasteiger partial charge in [-0.25, -0.2) is 0 Å². The summed E-state index contributed by atoms with van der Waals surface area (Å²) in [7, 11) is 0. The van der Waals surface area contributed by atoms with Gasteiger partial charge in [-0.2, -0.15) is 0 Å². The molecular weight excluding hydrogens is 172 g/mol. The number of hydrogen-bond acceptors (Lipinski definition) is 4. The topological polar surface area (TPSA) is 52.6 Å². The Labute approximate surface area is 78.2 Å². The van der Waals surface area contributed by atoms with E-state index in [1.165, 1.54) is 0 Å². The van der Waals surface area contributed by atoms with Crippen molar-refractivity contribution in [2.75, 3.05) is 6.61 Å². The molecular formula is C9H16O4. The summed E-state index contributed by atoms with van der Waals surface area (Å²) in [6.45, 7) is 3.01. The van der Waals surface area contributed by atoms with E-state index in [0.29, 0.717) is 12.9 Å². The molecule has 76 valence electrons. The summed E-state index contributed by atoms with van der Waals surface area (Å²) in [6.07, 6.45) is 3.66. The van der Waals surface area contributed by atoms with E-state index in [1.807, 2.05) is 0 Å². The molecule has 13 heavy (non-hydrogen) atoms. The summed E-state index contributed by atoms with van der Waals surface area (Å²) in [5, 5.41) is 0. The Morgan fingerprint density at radius 1 is 1.23 bits per heavy atom. The zero-order chi connectivity index (χ0) is 9.94. The fourth-order valence-corrected chi connectivity index (χ4v) is 1.04. The summed E-state index contributed by atoms with van der Waals surface area (Å²) in [4.78, 5) is 19.9. The van der Waals surface area contributed by atoms with Gasteiger partial charge >= 0.3 is 0 Å². The summed E-state index contributed by atoms with van der Waals surface area (Å²) in [5.41, 5.74) is 0. The Morgan fingerprint density at radius 3 is 2.54 bits per heavy atom. The molecule has 0 N–H and O–H groups in total. The average Bonchev–Trinajstić information content (AvgIpc) is 2.14. The highest BCUT2D eigenvalue weighted by Gasteiger charge is 2.08. The molecule has 0 amide bonds. The van der Waals surface area contributed by atoms with Crippen LogP contribution in [0, 0.1) is 0 Å². The van der Waals surface area contributed by atoms with Gasteiger partial charge in [0.25, 0.3) is 12.9 Å². The van der Waals surface area contributed by atoms with Crippen LogP contribution in [0.1, 0.15) is 32.6 Å². The van der Waals surface area contributed by atoms with Gasteiger partial charge in [-0.3, -0.25) is 9.59 Å². The third-order valence-corrected chi connectivity index (χ3v) is 1.73. The van der Waals surface area contributed by atoms with E-state index in [1.54, 1.807) is 0 Å². The minimum Gasteiger partial charge on any atom is -0.464 e. The van der Waals surface area contributed by atoms with E-state index in [4.69, 9.17) is 4.74 Å². The SMILES string of the molecule is CCCCCC(COC=O)OC=O. The van der Waals surface area contributed by atoms with Crippen molar-refractivity contribution in [3.05, 3.63) is 0 Å². The van der Waals surface area contributed by atoms with Crippen molar-refractivity contribution < 1.29 is 19.1 Å². The fraction of sp³-hybridized carbons (Fsp3) is 0.778. The van der Waals surface area contributed by atoms with E-state index in [9.17, 15) is 9.59 Å². The van der Waals surface area contributed by atoms with Crippen LogP contribution in [0.2, 0.25) is 0 Å². The molecule has 0 fully saturated rings. The summed E-state index contributed by atoms with van der Waals surface area (Å²) in [6, 6.07) is 0. The minimum absolute atomic E-state index is 0.159. The molecule has 1 atom stereocenters. The number of ether oxygens (including phenoxy) is 2. The first-order chi connectivity index (χ1) is 6.35. The van der Waals surface area contributed by atoms with E-state index >= 15 is 0 Å². The molecule has 4 nitrogen and oxygen atoms in total. The quantitative estimate of drug-likeness (QED) is 0.404. The highest BCUT2D eigenvalue weighted by Crippen LogP contribution is 2.06. The van der Waals surface area contributed by atoms with E-state index in [-0.39, 0.29) is 12.7 Å².